The van der Waals surface area contributed by atoms with Gasteiger partial charge in [-0.15, -0.1) is 0 Å². The molecule has 3 rings (SSSR count). The maximum Gasteiger partial charge on any atom is 0.255 e. The number of rotatable bonds is 5. The summed E-state index contributed by atoms with van der Waals surface area (Å²) in [5, 5.41) is 3.49. The zero-order chi connectivity index (χ0) is 17.6. The molecule has 126 valence electrons. The Kier molecular flexibility index (Phi) is 5.21. The fourth-order valence-corrected chi connectivity index (χ4v) is 2.37. The Morgan fingerprint density at radius 1 is 0.880 bits per heavy atom. The normalized spacial score (nSPS) is 10.2. The average Bonchev–Trinajstić information content (AvgIpc) is 2.64. The van der Waals surface area contributed by atoms with E-state index in [9.17, 15) is 4.79 Å². The molecule has 0 radical (unpaired) electrons. The highest BCUT2D eigenvalue weighted by molar-refractivity contribution is 6.30. The van der Waals surface area contributed by atoms with Crippen molar-refractivity contribution in [1.82, 2.24) is 0 Å². The molecular weight excluding hydrogens is 338 g/mol. The predicted molar refractivity (Wildman–Crippen MR) is 98.9 cm³/mol. The van der Waals surface area contributed by atoms with E-state index in [0.717, 1.165) is 0 Å². The van der Waals surface area contributed by atoms with Gasteiger partial charge in [0.1, 0.15) is 17.2 Å². The molecular formula is C20H16ClNO3. The van der Waals surface area contributed by atoms with Gasteiger partial charge < -0.3 is 14.8 Å². The molecule has 0 spiro atoms. The van der Waals surface area contributed by atoms with E-state index in [-0.39, 0.29) is 5.91 Å². The van der Waals surface area contributed by atoms with Crippen molar-refractivity contribution < 1.29 is 14.3 Å². The third-order valence-corrected chi connectivity index (χ3v) is 3.73. The average molecular weight is 354 g/mol. The van der Waals surface area contributed by atoms with Crippen LogP contribution in [0.2, 0.25) is 5.02 Å². The van der Waals surface area contributed by atoms with E-state index in [1.165, 1.54) is 0 Å². The molecule has 3 aromatic carbocycles. The van der Waals surface area contributed by atoms with E-state index < -0.39 is 0 Å². The van der Waals surface area contributed by atoms with Crippen LogP contribution in [0.15, 0.2) is 72.8 Å². The van der Waals surface area contributed by atoms with Gasteiger partial charge in [0.15, 0.2) is 0 Å². The van der Waals surface area contributed by atoms with Gasteiger partial charge in [-0.1, -0.05) is 23.7 Å². The van der Waals surface area contributed by atoms with E-state index in [1.807, 2.05) is 12.1 Å². The van der Waals surface area contributed by atoms with Gasteiger partial charge in [0.05, 0.1) is 7.11 Å². The number of carbonyl (C=O) groups excluding carboxylic acids is 1. The molecule has 0 bridgehead atoms. The molecule has 0 saturated heterocycles. The number of amides is 1. The summed E-state index contributed by atoms with van der Waals surface area (Å²) >= 11 is 5.87. The SMILES string of the molecule is COc1cccc(C(=O)Nc2cccc(Oc3ccc(Cl)cc3)c2)c1. The second kappa shape index (κ2) is 7.73. The van der Waals surface area contributed by atoms with Crippen LogP contribution in [-0.2, 0) is 0 Å². The summed E-state index contributed by atoms with van der Waals surface area (Å²) in [5.41, 5.74) is 1.16. The molecule has 0 aromatic heterocycles. The van der Waals surface area contributed by atoms with E-state index in [2.05, 4.69) is 5.32 Å². The number of nitrogens with one attached hydrogen (secondary N) is 1. The van der Waals surface area contributed by atoms with Crippen molar-refractivity contribution in [2.24, 2.45) is 0 Å². The second-order valence-electron chi connectivity index (χ2n) is 5.27. The number of carbonyl (C=O) groups is 1. The van der Waals surface area contributed by atoms with Crippen LogP contribution in [0.4, 0.5) is 5.69 Å². The molecule has 25 heavy (non-hydrogen) atoms. The minimum Gasteiger partial charge on any atom is -0.497 e. The van der Waals surface area contributed by atoms with Crippen LogP contribution < -0.4 is 14.8 Å². The number of ether oxygens (including phenoxy) is 2. The van der Waals surface area contributed by atoms with Crippen molar-refractivity contribution in [3.63, 3.8) is 0 Å². The molecule has 0 unspecified atom stereocenters. The van der Waals surface area contributed by atoms with Crippen LogP contribution in [0.3, 0.4) is 0 Å². The largest absolute Gasteiger partial charge is 0.497 e. The standard InChI is InChI=1S/C20H16ClNO3/c1-24-18-6-2-4-14(12-18)20(23)22-16-5-3-7-19(13-16)25-17-10-8-15(21)9-11-17/h2-13H,1H3,(H,22,23). The van der Waals surface area contributed by atoms with Crippen LogP contribution in [-0.4, -0.2) is 13.0 Å². The van der Waals surface area contributed by atoms with Crippen molar-refractivity contribution in [2.75, 3.05) is 12.4 Å². The summed E-state index contributed by atoms with van der Waals surface area (Å²) in [7, 11) is 1.56. The van der Waals surface area contributed by atoms with Crippen LogP contribution >= 0.6 is 11.6 Å². The number of benzene rings is 3. The fraction of sp³-hybridized carbons (Fsp3) is 0.0500. The van der Waals surface area contributed by atoms with Crippen LogP contribution in [0.1, 0.15) is 10.4 Å². The van der Waals surface area contributed by atoms with Crippen molar-refractivity contribution in [1.29, 1.82) is 0 Å². The molecule has 0 heterocycles. The molecule has 0 atom stereocenters. The number of halogens is 1. The first-order valence-electron chi connectivity index (χ1n) is 7.63. The molecule has 0 aliphatic rings. The zero-order valence-corrected chi connectivity index (χ0v) is 14.3. The fourth-order valence-electron chi connectivity index (χ4n) is 2.24. The Labute approximate surface area is 151 Å². The number of methoxy groups -OCH3 is 1. The molecule has 5 heteroatoms. The highest BCUT2D eigenvalue weighted by Crippen LogP contribution is 2.25. The monoisotopic (exact) mass is 353 g/mol. The maximum atomic E-state index is 12.4. The molecule has 0 saturated carbocycles. The van der Waals surface area contributed by atoms with E-state index in [4.69, 9.17) is 21.1 Å². The quantitative estimate of drug-likeness (QED) is 0.668. The third kappa shape index (κ3) is 4.52. The molecule has 0 aliphatic heterocycles. The number of hydrogen-bond acceptors (Lipinski definition) is 3. The maximum absolute atomic E-state index is 12.4. The first kappa shape index (κ1) is 16.9. The molecule has 0 aliphatic carbocycles. The van der Waals surface area contributed by atoms with Gasteiger partial charge in [-0.25, -0.2) is 0 Å². The van der Waals surface area contributed by atoms with Gasteiger partial charge in [-0.05, 0) is 54.6 Å². The molecule has 1 amide bonds. The van der Waals surface area contributed by atoms with Crippen molar-refractivity contribution in [3.8, 4) is 17.2 Å². The predicted octanol–water partition coefficient (Wildman–Crippen LogP) is 5.39. The van der Waals surface area contributed by atoms with Gasteiger partial charge >= 0.3 is 0 Å². The Morgan fingerprint density at radius 3 is 2.36 bits per heavy atom. The number of anilines is 1. The van der Waals surface area contributed by atoms with E-state index in [1.54, 1.807) is 67.8 Å². The summed E-state index contributed by atoms with van der Waals surface area (Å²) in [5.74, 6) is 1.70. The first-order chi connectivity index (χ1) is 12.1. The Hall–Kier alpha value is -2.98. The van der Waals surface area contributed by atoms with Gasteiger partial charge in [0.25, 0.3) is 5.91 Å². The second-order valence-corrected chi connectivity index (χ2v) is 5.71. The van der Waals surface area contributed by atoms with Crippen LogP contribution in [0.25, 0.3) is 0 Å². The van der Waals surface area contributed by atoms with Crippen molar-refractivity contribution in [3.05, 3.63) is 83.4 Å². The Bertz CT molecular complexity index is 878. The van der Waals surface area contributed by atoms with Crippen molar-refractivity contribution in [2.45, 2.75) is 0 Å². The number of hydrogen-bond donors (Lipinski definition) is 1. The lowest BCUT2D eigenvalue weighted by atomic mass is 10.2. The molecule has 0 fully saturated rings. The smallest absolute Gasteiger partial charge is 0.255 e. The Morgan fingerprint density at radius 2 is 1.60 bits per heavy atom. The Balaban J connectivity index is 1.72. The van der Waals surface area contributed by atoms with E-state index in [0.29, 0.717) is 33.5 Å². The molecule has 3 aromatic rings. The lowest BCUT2D eigenvalue weighted by molar-refractivity contribution is 0.102. The van der Waals surface area contributed by atoms with Gasteiger partial charge in [0, 0.05) is 22.3 Å². The van der Waals surface area contributed by atoms with Gasteiger partial charge in [-0.2, -0.15) is 0 Å². The first-order valence-corrected chi connectivity index (χ1v) is 8.01. The van der Waals surface area contributed by atoms with Crippen molar-refractivity contribution >= 4 is 23.2 Å². The summed E-state index contributed by atoms with van der Waals surface area (Å²) in [6.07, 6.45) is 0. The van der Waals surface area contributed by atoms with Crippen LogP contribution in [0, 0.1) is 0 Å². The summed E-state index contributed by atoms with van der Waals surface area (Å²) in [6.45, 7) is 0. The molecule has 4 nitrogen and oxygen atoms in total. The minimum absolute atomic E-state index is 0.220. The van der Waals surface area contributed by atoms with E-state index >= 15 is 0 Å². The topological polar surface area (TPSA) is 47.6 Å². The zero-order valence-electron chi connectivity index (χ0n) is 13.5. The summed E-state index contributed by atoms with van der Waals surface area (Å²) < 4.78 is 10.9. The third-order valence-electron chi connectivity index (χ3n) is 3.47. The van der Waals surface area contributed by atoms with Crippen LogP contribution in [0.5, 0.6) is 17.2 Å². The summed E-state index contributed by atoms with van der Waals surface area (Å²) in [6, 6.07) is 21.2. The highest BCUT2D eigenvalue weighted by atomic mass is 35.5. The van der Waals surface area contributed by atoms with Gasteiger partial charge in [0.2, 0.25) is 0 Å². The molecule has 1 N–H and O–H groups in total. The lowest BCUT2D eigenvalue weighted by Gasteiger charge is -2.09. The summed E-state index contributed by atoms with van der Waals surface area (Å²) in [4.78, 5) is 12.4. The van der Waals surface area contributed by atoms with Gasteiger partial charge in [-0.3, -0.25) is 4.79 Å². The minimum atomic E-state index is -0.220. The highest BCUT2D eigenvalue weighted by Gasteiger charge is 2.08. The lowest BCUT2D eigenvalue weighted by Crippen LogP contribution is -2.11.